The second-order valence-corrected chi connectivity index (χ2v) is 4.88. The lowest BCUT2D eigenvalue weighted by molar-refractivity contribution is 0.242. The van der Waals surface area contributed by atoms with Gasteiger partial charge in [-0.15, -0.1) is 5.10 Å². The minimum Gasteiger partial charge on any atom is -0.491 e. The van der Waals surface area contributed by atoms with Gasteiger partial charge in [0, 0.05) is 18.9 Å². The van der Waals surface area contributed by atoms with E-state index in [0.717, 1.165) is 22.7 Å². The molecule has 1 heterocycles. The molecule has 2 aromatic rings. The van der Waals surface area contributed by atoms with E-state index >= 15 is 0 Å². The zero-order chi connectivity index (χ0) is 13.8. The Bertz CT molecular complexity index is 548. The minimum absolute atomic E-state index is 0.192. The van der Waals surface area contributed by atoms with Gasteiger partial charge in [-0.3, -0.25) is 4.68 Å². The number of hydrogen-bond acceptors (Lipinski definition) is 4. The predicted octanol–water partition coefficient (Wildman–Crippen LogP) is 2.52. The summed E-state index contributed by atoms with van der Waals surface area (Å²) in [6.45, 7) is 6.77. The lowest BCUT2D eigenvalue weighted by Crippen LogP contribution is -2.06. The van der Waals surface area contributed by atoms with Crippen LogP contribution in [-0.4, -0.2) is 21.1 Å². The van der Waals surface area contributed by atoms with Crippen molar-refractivity contribution in [2.45, 2.75) is 33.4 Å². The summed E-state index contributed by atoms with van der Waals surface area (Å²) in [4.78, 5) is 0. The Morgan fingerprint density at radius 3 is 2.74 bits per heavy atom. The third-order valence-electron chi connectivity index (χ3n) is 2.68. The van der Waals surface area contributed by atoms with Gasteiger partial charge in [-0.25, -0.2) is 0 Å². The Kier molecular flexibility index (Phi) is 4.04. The average molecular weight is 260 g/mol. The standard InChI is InChI=1S/C14H20N4O/c1-10(2)19-13-5-6-14(11(3)7-13)15-8-12-9-18(4)17-16-12/h5-7,9-10,15H,8H2,1-4H3. The number of rotatable bonds is 5. The Labute approximate surface area is 113 Å². The molecule has 0 saturated heterocycles. The van der Waals surface area contributed by atoms with Crippen LogP contribution in [0, 0.1) is 6.92 Å². The zero-order valence-electron chi connectivity index (χ0n) is 11.8. The summed E-state index contributed by atoms with van der Waals surface area (Å²) in [6.07, 6.45) is 2.09. The molecule has 19 heavy (non-hydrogen) atoms. The second kappa shape index (κ2) is 5.73. The van der Waals surface area contributed by atoms with Crippen LogP contribution in [0.4, 0.5) is 5.69 Å². The van der Waals surface area contributed by atoms with Crippen LogP contribution in [-0.2, 0) is 13.6 Å². The topological polar surface area (TPSA) is 52.0 Å². The van der Waals surface area contributed by atoms with Gasteiger partial charge in [-0.05, 0) is 44.5 Å². The van der Waals surface area contributed by atoms with Gasteiger partial charge in [0.15, 0.2) is 0 Å². The van der Waals surface area contributed by atoms with E-state index in [9.17, 15) is 0 Å². The fraction of sp³-hybridized carbons (Fsp3) is 0.429. The van der Waals surface area contributed by atoms with Gasteiger partial charge >= 0.3 is 0 Å². The molecule has 0 unspecified atom stereocenters. The maximum atomic E-state index is 5.66. The van der Waals surface area contributed by atoms with Crippen molar-refractivity contribution in [3.05, 3.63) is 35.7 Å². The van der Waals surface area contributed by atoms with E-state index < -0.39 is 0 Å². The van der Waals surface area contributed by atoms with Crippen molar-refractivity contribution in [1.29, 1.82) is 0 Å². The predicted molar refractivity (Wildman–Crippen MR) is 75.3 cm³/mol. The number of nitrogens with one attached hydrogen (secondary N) is 1. The van der Waals surface area contributed by atoms with Crippen LogP contribution in [0.15, 0.2) is 24.4 Å². The quantitative estimate of drug-likeness (QED) is 0.897. The average Bonchev–Trinajstić information content (AvgIpc) is 2.73. The third kappa shape index (κ3) is 3.71. The maximum Gasteiger partial charge on any atom is 0.120 e. The number of anilines is 1. The molecule has 102 valence electrons. The highest BCUT2D eigenvalue weighted by Gasteiger charge is 2.04. The fourth-order valence-electron chi connectivity index (χ4n) is 1.84. The van der Waals surface area contributed by atoms with E-state index in [4.69, 9.17) is 4.74 Å². The summed E-state index contributed by atoms with van der Waals surface area (Å²) in [5, 5.41) is 11.3. The van der Waals surface area contributed by atoms with Crippen LogP contribution in [0.3, 0.4) is 0 Å². The molecule has 0 radical (unpaired) electrons. The Morgan fingerprint density at radius 1 is 1.37 bits per heavy atom. The monoisotopic (exact) mass is 260 g/mol. The van der Waals surface area contributed by atoms with Crippen molar-refractivity contribution in [3.63, 3.8) is 0 Å². The summed E-state index contributed by atoms with van der Waals surface area (Å²) in [5.74, 6) is 0.901. The van der Waals surface area contributed by atoms with Crippen LogP contribution in [0.2, 0.25) is 0 Å². The molecule has 0 fully saturated rings. The van der Waals surface area contributed by atoms with E-state index in [2.05, 4.69) is 22.6 Å². The molecule has 5 heteroatoms. The summed E-state index contributed by atoms with van der Waals surface area (Å²) in [7, 11) is 1.86. The van der Waals surface area contributed by atoms with Crippen LogP contribution in [0.5, 0.6) is 5.75 Å². The molecule has 0 amide bonds. The molecule has 0 spiro atoms. The first-order chi connectivity index (χ1) is 9.04. The first-order valence-electron chi connectivity index (χ1n) is 6.41. The SMILES string of the molecule is Cc1cc(OC(C)C)ccc1NCc1cn(C)nn1. The van der Waals surface area contributed by atoms with Crippen molar-refractivity contribution in [3.8, 4) is 5.75 Å². The number of nitrogens with zero attached hydrogens (tertiary/aromatic N) is 3. The van der Waals surface area contributed by atoms with Crippen molar-refractivity contribution < 1.29 is 4.74 Å². The van der Waals surface area contributed by atoms with Gasteiger partial charge < -0.3 is 10.1 Å². The summed E-state index contributed by atoms with van der Waals surface area (Å²) < 4.78 is 7.36. The highest BCUT2D eigenvalue weighted by atomic mass is 16.5. The van der Waals surface area contributed by atoms with Crippen molar-refractivity contribution in [1.82, 2.24) is 15.0 Å². The van der Waals surface area contributed by atoms with Gasteiger partial charge in [-0.2, -0.15) is 0 Å². The van der Waals surface area contributed by atoms with Crippen LogP contribution in [0.25, 0.3) is 0 Å². The lowest BCUT2D eigenvalue weighted by Gasteiger charge is -2.13. The van der Waals surface area contributed by atoms with Crippen LogP contribution < -0.4 is 10.1 Å². The minimum atomic E-state index is 0.192. The number of aryl methyl sites for hydroxylation is 2. The third-order valence-corrected chi connectivity index (χ3v) is 2.68. The largest absolute Gasteiger partial charge is 0.491 e. The maximum absolute atomic E-state index is 5.66. The van der Waals surface area contributed by atoms with E-state index in [-0.39, 0.29) is 6.10 Å². The molecule has 1 aromatic heterocycles. The number of aromatic nitrogens is 3. The highest BCUT2D eigenvalue weighted by Crippen LogP contribution is 2.22. The molecule has 2 rings (SSSR count). The van der Waals surface area contributed by atoms with E-state index in [1.807, 2.05) is 45.3 Å². The molecule has 0 aliphatic carbocycles. The number of ether oxygens (including phenoxy) is 1. The van der Waals surface area contributed by atoms with E-state index in [0.29, 0.717) is 6.54 Å². The van der Waals surface area contributed by atoms with Crippen molar-refractivity contribution in [2.24, 2.45) is 7.05 Å². The van der Waals surface area contributed by atoms with E-state index in [1.54, 1.807) is 4.68 Å². The van der Waals surface area contributed by atoms with Crippen molar-refractivity contribution in [2.75, 3.05) is 5.32 Å². The molecule has 0 saturated carbocycles. The van der Waals surface area contributed by atoms with Crippen LogP contribution in [0.1, 0.15) is 25.1 Å². The first kappa shape index (κ1) is 13.4. The zero-order valence-corrected chi connectivity index (χ0v) is 11.8. The Hall–Kier alpha value is -2.04. The molecule has 0 bridgehead atoms. The first-order valence-corrected chi connectivity index (χ1v) is 6.41. The molecular formula is C14H20N4O. The normalized spacial score (nSPS) is 10.8. The van der Waals surface area contributed by atoms with Gasteiger partial charge in [-0.1, -0.05) is 5.21 Å². The Morgan fingerprint density at radius 2 is 2.16 bits per heavy atom. The Balaban J connectivity index is 2.00. The fourth-order valence-corrected chi connectivity index (χ4v) is 1.84. The molecular weight excluding hydrogens is 240 g/mol. The lowest BCUT2D eigenvalue weighted by atomic mass is 10.2. The molecule has 1 aromatic carbocycles. The van der Waals surface area contributed by atoms with Crippen molar-refractivity contribution >= 4 is 5.69 Å². The summed E-state index contributed by atoms with van der Waals surface area (Å²) in [6, 6.07) is 6.05. The number of benzene rings is 1. The summed E-state index contributed by atoms with van der Waals surface area (Å²) >= 11 is 0. The van der Waals surface area contributed by atoms with Gasteiger partial charge in [0.1, 0.15) is 11.4 Å². The molecule has 0 aliphatic rings. The highest BCUT2D eigenvalue weighted by molar-refractivity contribution is 5.53. The summed E-state index contributed by atoms with van der Waals surface area (Å²) in [5.41, 5.74) is 3.16. The number of hydrogen-bond donors (Lipinski definition) is 1. The van der Waals surface area contributed by atoms with Gasteiger partial charge in [0.25, 0.3) is 0 Å². The molecule has 0 aliphatic heterocycles. The second-order valence-electron chi connectivity index (χ2n) is 4.88. The van der Waals surface area contributed by atoms with Gasteiger partial charge in [0.2, 0.25) is 0 Å². The van der Waals surface area contributed by atoms with Gasteiger partial charge in [0.05, 0.1) is 12.6 Å². The van der Waals surface area contributed by atoms with Crippen LogP contribution >= 0.6 is 0 Å². The van der Waals surface area contributed by atoms with E-state index in [1.165, 1.54) is 0 Å². The molecule has 5 nitrogen and oxygen atoms in total. The molecule has 0 atom stereocenters. The molecule has 1 N–H and O–H groups in total. The smallest absolute Gasteiger partial charge is 0.120 e.